The largest absolute Gasteiger partial charge is 0.481 e. The normalized spacial score (nSPS) is 9.83. The molecule has 2 aromatic heterocycles. The van der Waals surface area contributed by atoms with Crippen LogP contribution in [0.5, 0.6) is 23.5 Å². The molecule has 8 nitrogen and oxygen atoms in total. The van der Waals surface area contributed by atoms with Gasteiger partial charge in [-0.2, -0.15) is 9.97 Å². The Bertz CT molecular complexity index is 683. The highest BCUT2D eigenvalue weighted by Gasteiger charge is 2.17. The van der Waals surface area contributed by atoms with Crippen LogP contribution in [0.3, 0.4) is 0 Å². The molecule has 8 heteroatoms. The average molecular weight is 317 g/mol. The summed E-state index contributed by atoms with van der Waals surface area (Å²) >= 11 is 0. The molecule has 2 heterocycles. The van der Waals surface area contributed by atoms with Crippen LogP contribution in [-0.4, -0.2) is 41.7 Å². The SMILES string of the molecule is C=CCOC(=O)c1ncccc1Oc1nc(OC)cc(OC)n1. The van der Waals surface area contributed by atoms with E-state index in [9.17, 15) is 4.79 Å². The second-order valence-corrected chi connectivity index (χ2v) is 4.07. The van der Waals surface area contributed by atoms with Crippen molar-refractivity contribution in [2.75, 3.05) is 20.8 Å². The summed E-state index contributed by atoms with van der Waals surface area (Å²) in [6, 6.07) is 4.60. The minimum Gasteiger partial charge on any atom is -0.481 e. The summed E-state index contributed by atoms with van der Waals surface area (Å²) in [5.41, 5.74) is -0.000244. The number of rotatable bonds is 7. The number of aromatic nitrogens is 3. The lowest BCUT2D eigenvalue weighted by molar-refractivity contribution is 0.0539. The van der Waals surface area contributed by atoms with Gasteiger partial charge in [0.1, 0.15) is 6.61 Å². The number of carbonyl (C=O) groups excluding carboxylic acids is 1. The Labute approximate surface area is 132 Å². The number of nitrogens with zero attached hydrogens (tertiary/aromatic N) is 3. The molecule has 0 saturated carbocycles. The Morgan fingerprint density at radius 3 is 2.57 bits per heavy atom. The number of methoxy groups -OCH3 is 2. The molecule has 0 bridgehead atoms. The van der Waals surface area contributed by atoms with Crippen molar-refractivity contribution in [2.24, 2.45) is 0 Å². The van der Waals surface area contributed by atoms with Crippen molar-refractivity contribution in [3.63, 3.8) is 0 Å². The topological polar surface area (TPSA) is 92.7 Å². The molecule has 2 rings (SSSR count). The van der Waals surface area contributed by atoms with Gasteiger partial charge in [0.05, 0.1) is 20.3 Å². The Hall–Kier alpha value is -3.16. The van der Waals surface area contributed by atoms with Crippen molar-refractivity contribution < 1.29 is 23.7 Å². The molecular formula is C15H15N3O5. The van der Waals surface area contributed by atoms with Gasteiger partial charge in [0.25, 0.3) is 0 Å². The molecule has 0 saturated heterocycles. The number of pyridine rings is 1. The molecule has 0 amide bonds. The number of ether oxygens (including phenoxy) is 4. The molecule has 0 fully saturated rings. The van der Waals surface area contributed by atoms with E-state index in [2.05, 4.69) is 21.5 Å². The minimum absolute atomic E-state index is 0.000244. The van der Waals surface area contributed by atoms with Gasteiger partial charge in [0.15, 0.2) is 11.4 Å². The lowest BCUT2D eigenvalue weighted by Crippen LogP contribution is -2.09. The third kappa shape index (κ3) is 4.16. The maximum absolute atomic E-state index is 12.0. The van der Waals surface area contributed by atoms with Crippen LogP contribution in [0.2, 0.25) is 0 Å². The van der Waals surface area contributed by atoms with Crippen LogP contribution in [-0.2, 0) is 4.74 Å². The van der Waals surface area contributed by atoms with Gasteiger partial charge in [0, 0.05) is 6.20 Å². The standard InChI is InChI=1S/C15H15N3O5/c1-4-8-22-14(19)13-10(6-5-7-16-13)23-15-17-11(20-2)9-12(18-15)21-3/h4-7,9H,1,8H2,2-3H3. The first-order valence-electron chi connectivity index (χ1n) is 6.56. The third-order valence-corrected chi connectivity index (χ3v) is 2.57. The highest BCUT2D eigenvalue weighted by atomic mass is 16.5. The van der Waals surface area contributed by atoms with Crippen LogP contribution in [0.15, 0.2) is 37.1 Å². The Kier molecular flexibility index (Phi) is 5.45. The van der Waals surface area contributed by atoms with E-state index in [1.165, 1.54) is 32.6 Å². The second-order valence-electron chi connectivity index (χ2n) is 4.07. The molecule has 0 aliphatic rings. The zero-order chi connectivity index (χ0) is 16.7. The first kappa shape index (κ1) is 16.2. The van der Waals surface area contributed by atoms with Crippen molar-refractivity contribution in [1.82, 2.24) is 15.0 Å². The van der Waals surface area contributed by atoms with Crippen molar-refractivity contribution in [1.29, 1.82) is 0 Å². The van der Waals surface area contributed by atoms with Gasteiger partial charge < -0.3 is 18.9 Å². The summed E-state index contributed by atoms with van der Waals surface area (Å²) in [5, 5.41) is 0. The lowest BCUT2D eigenvalue weighted by atomic mass is 10.3. The van der Waals surface area contributed by atoms with Crippen LogP contribution < -0.4 is 14.2 Å². The van der Waals surface area contributed by atoms with E-state index in [-0.39, 0.29) is 35.8 Å². The van der Waals surface area contributed by atoms with Gasteiger partial charge in [-0.1, -0.05) is 12.7 Å². The molecular weight excluding hydrogens is 302 g/mol. The van der Waals surface area contributed by atoms with Crippen LogP contribution >= 0.6 is 0 Å². The van der Waals surface area contributed by atoms with Crippen molar-refractivity contribution in [3.05, 3.63) is 42.7 Å². The van der Waals surface area contributed by atoms with Crippen LogP contribution in [0.25, 0.3) is 0 Å². The molecule has 0 spiro atoms. The zero-order valence-electron chi connectivity index (χ0n) is 12.7. The Morgan fingerprint density at radius 2 is 1.96 bits per heavy atom. The smallest absolute Gasteiger partial charge is 0.361 e. The van der Waals surface area contributed by atoms with Gasteiger partial charge in [-0.3, -0.25) is 0 Å². The van der Waals surface area contributed by atoms with Gasteiger partial charge >= 0.3 is 12.0 Å². The summed E-state index contributed by atoms with van der Waals surface area (Å²) in [5.74, 6) is 0.0188. The first-order valence-corrected chi connectivity index (χ1v) is 6.56. The fourth-order valence-corrected chi connectivity index (χ4v) is 1.57. The number of esters is 1. The molecule has 0 N–H and O–H groups in total. The molecule has 0 unspecified atom stereocenters. The third-order valence-electron chi connectivity index (χ3n) is 2.57. The van der Waals surface area contributed by atoms with Crippen molar-refractivity contribution in [3.8, 4) is 23.5 Å². The van der Waals surface area contributed by atoms with Crippen LogP contribution in [0.1, 0.15) is 10.5 Å². The average Bonchev–Trinajstić information content (AvgIpc) is 2.59. The van der Waals surface area contributed by atoms with E-state index in [0.717, 1.165) is 0 Å². The fraction of sp³-hybridized carbons (Fsp3) is 0.200. The predicted molar refractivity (Wildman–Crippen MR) is 79.9 cm³/mol. The highest BCUT2D eigenvalue weighted by molar-refractivity contribution is 5.90. The van der Waals surface area contributed by atoms with E-state index in [1.54, 1.807) is 12.1 Å². The van der Waals surface area contributed by atoms with Crippen molar-refractivity contribution in [2.45, 2.75) is 0 Å². The van der Waals surface area contributed by atoms with E-state index in [0.29, 0.717) is 0 Å². The molecule has 0 aliphatic heterocycles. The predicted octanol–water partition coefficient (Wildman–Crippen LogP) is 2.02. The zero-order valence-corrected chi connectivity index (χ0v) is 12.7. The molecule has 2 aromatic rings. The van der Waals surface area contributed by atoms with Crippen LogP contribution in [0, 0.1) is 0 Å². The molecule has 0 aromatic carbocycles. The highest BCUT2D eigenvalue weighted by Crippen LogP contribution is 2.25. The van der Waals surface area contributed by atoms with E-state index in [1.807, 2.05) is 0 Å². The summed E-state index contributed by atoms with van der Waals surface area (Å²) in [6.07, 6.45) is 2.90. The summed E-state index contributed by atoms with van der Waals surface area (Å²) < 4.78 is 20.6. The Morgan fingerprint density at radius 1 is 1.26 bits per heavy atom. The number of hydrogen-bond donors (Lipinski definition) is 0. The van der Waals surface area contributed by atoms with E-state index < -0.39 is 5.97 Å². The van der Waals surface area contributed by atoms with Gasteiger partial charge in [0.2, 0.25) is 11.8 Å². The van der Waals surface area contributed by atoms with Gasteiger partial charge in [-0.05, 0) is 12.1 Å². The molecule has 120 valence electrons. The molecule has 0 atom stereocenters. The van der Waals surface area contributed by atoms with Gasteiger partial charge in [-0.25, -0.2) is 9.78 Å². The Balaban J connectivity index is 2.30. The van der Waals surface area contributed by atoms with E-state index >= 15 is 0 Å². The molecule has 23 heavy (non-hydrogen) atoms. The first-order chi connectivity index (χ1) is 11.2. The minimum atomic E-state index is -0.643. The maximum Gasteiger partial charge on any atom is 0.361 e. The maximum atomic E-state index is 12.0. The number of hydrogen-bond acceptors (Lipinski definition) is 8. The quantitative estimate of drug-likeness (QED) is 0.565. The second kappa shape index (κ2) is 7.74. The van der Waals surface area contributed by atoms with E-state index in [4.69, 9.17) is 18.9 Å². The molecule has 0 aliphatic carbocycles. The summed E-state index contributed by atoms with van der Waals surface area (Å²) in [6.45, 7) is 3.55. The molecule has 0 radical (unpaired) electrons. The lowest BCUT2D eigenvalue weighted by Gasteiger charge is -2.09. The number of carbonyl (C=O) groups is 1. The van der Waals surface area contributed by atoms with Crippen LogP contribution in [0.4, 0.5) is 0 Å². The van der Waals surface area contributed by atoms with Crippen molar-refractivity contribution >= 4 is 5.97 Å². The summed E-state index contributed by atoms with van der Waals surface area (Å²) in [7, 11) is 2.90. The fourth-order valence-electron chi connectivity index (χ4n) is 1.57. The monoisotopic (exact) mass is 317 g/mol. The van der Waals surface area contributed by atoms with Gasteiger partial charge in [-0.15, -0.1) is 0 Å². The summed E-state index contributed by atoms with van der Waals surface area (Å²) in [4.78, 5) is 24.0.